The van der Waals surface area contributed by atoms with Gasteiger partial charge in [-0.05, 0) is 39.0 Å². The van der Waals surface area contributed by atoms with Gasteiger partial charge in [-0.3, -0.25) is 9.48 Å². The standard InChI is InChI=1S/C22H24N6O3/c1-21(2,3)31-20(30)27-13-22(14-27,10-11-23)28-16-9-12-24-19(29)17(16)18(26-28)25-15-7-5-4-6-8-15/h4-9,12H,10,13-14H2,1-3H3,(H,24,29)(H,25,26). The van der Waals surface area contributed by atoms with Crippen molar-refractivity contribution in [2.45, 2.75) is 38.3 Å². The number of anilines is 2. The molecular weight excluding hydrogens is 396 g/mol. The Morgan fingerprint density at radius 3 is 2.65 bits per heavy atom. The van der Waals surface area contributed by atoms with Gasteiger partial charge >= 0.3 is 6.09 Å². The number of carbonyl (C=O) groups is 1. The highest BCUT2D eigenvalue weighted by atomic mass is 16.6. The summed E-state index contributed by atoms with van der Waals surface area (Å²) in [5.41, 5.74) is -0.244. The minimum Gasteiger partial charge on any atom is -0.444 e. The lowest BCUT2D eigenvalue weighted by atomic mass is 9.87. The summed E-state index contributed by atoms with van der Waals surface area (Å²) in [6.45, 7) is 5.96. The second-order valence-corrected chi connectivity index (χ2v) is 8.71. The zero-order valence-corrected chi connectivity index (χ0v) is 17.7. The monoisotopic (exact) mass is 420 g/mol. The average molecular weight is 420 g/mol. The summed E-state index contributed by atoms with van der Waals surface area (Å²) >= 11 is 0. The average Bonchev–Trinajstić information content (AvgIpc) is 3.03. The van der Waals surface area contributed by atoms with Crippen LogP contribution in [0.25, 0.3) is 10.9 Å². The number of fused-ring (bicyclic) bond motifs is 1. The van der Waals surface area contributed by atoms with E-state index in [9.17, 15) is 14.9 Å². The van der Waals surface area contributed by atoms with Crippen molar-refractivity contribution in [2.75, 3.05) is 18.4 Å². The van der Waals surface area contributed by atoms with Gasteiger partial charge in [0.25, 0.3) is 5.56 Å². The first-order valence-corrected chi connectivity index (χ1v) is 10.0. The number of nitriles is 1. The van der Waals surface area contributed by atoms with Crippen LogP contribution < -0.4 is 10.9 Å². The molecule has 2 aromatic heterocycles. The van der Waals surface area contributed by atoms with Crippen molar-refractivity contribution in [3.05, 3.63) is 52.9 Å². The zero-order chi connectivity index (χ0) is 22.2. The number of hydrogen-bond donors (Lipinski definition) is 2. The van der Waals surface area contributed by atoms with Crippen LogP contribution in [0.2, 0.25) is 0 Å². The third-order valence-corrected chi connectivity index (χ3v) is 5.12. The van der Waals surface area contributed by atoms with E-state index < -0.39 is 17.2 Å². The van der Waals surface area contributed by atoms with Gasteiger partial charge in [-0.2, -0.15) is 10.4 Å². The molecule has 4 rings (SSSR count). The fourth-order valence-corrected chi connectivity index (χ4v) is 3.77. The highest BCUT2D eigenvalue weighted by Crippen LogP contribution is 2.37. The van der Waals surface area contributed by atoms with Crippen LogP contribution in [0.5, 0.6) is 0 Å². The molecule has 1 amide bonds. The lowest BCUT2D eigenvalue weighted by molar-refractivity contribution is -0.0298. The number of nitrogens with zero attached hydrogens (tertiary/aromatic N) is 4. The zero-order valence-electron chi connectivity index (χ0n) is 17.7. The second kappa shape index (κ2) is 7.47. The third-order valence-electron chi connectivity index (χ3n) is 5.12. The first-order valence-electron chi connectivity index (χ1n) is 10.0. The molecule has 160 valence electrons. The van der Waals surface area contributed by atoms with E-state index in [0.717, 1.165) is 5.69 Å². The number of pyridine rings is 1. The topological polar surface area (TPSA) is 116 Å². The van der Waals surface area contributed by atoms with Crippen LogP contribution in [-0.4, -0.2) is 44.4 Å². The first kappa shape index (κ1) is 20.5. The Bertz CT molecular complexity index is 1210. The predicted molar refractivity (Wildman–Crippen MR) is 116 cm³/mol. The van der Waals surface area contributed by atoms with E-state index in [-0.39, 0.29) is 25.1 Å². The molecule has 31 heavy (non-hydrogen) atoms. The summed E-state index contributed by atoms with van der Waals surface area (Å²) in [7, 11) is 0. The molecule has 3 aromatic rings. The van der Waals surface area contributed by atoms with Crippen molar-refractivity contribution in [2.24, 2.45) is 0 Å². The van der Waals surface area contributed by atoms with E-state index in [1.807, 2.05) is 51.1 Å². The molecule has 1 saturated heterocycles. The maximum absolute atomic E-state index is 12.6. The smallest absolute Gasteiger partial charge is 0.410 e. The molecule has 0 aliphatic carbocycles. The molecule has 0 bridgehead atoms. The molecule has 1 aromatic carbocycles. The number of carbonyl (C=O) groups excluding carboxylic acids is 1. The lowest BCUT2D eigenvalue weighted by Gasteiger charge is -2.48. The van der Waals surface area contributed by atoms with E-state index in [4.69, 9.17) is 4.74 Å². The van der Waals surface area contributed by atoms with Gasteiger partial charge in [-0.1, -0.05) is 18.2 Å². The van der Waals surface area contributed by atoms with Crippen molar-refractivity contribution < 1.29 is 9.53 Å². The first-order chi connectivity index (χ1) is 14.7. The third kappa shape index (κ3) is 3.84. The van der Waals surface area contributed by atoms with Gasteiger partial charge < -0.3 is 19.9 Å². The van der Waals surface area contributed by atoms with Gasteiger partial charge in [-0.25, -0.2) is 4.79 Å². The number of aromatic amines is 1. The van der Waals surface area contributed by atoms with E-state index >= 15 is 0 Å². The molecule has 1 fully saturated rings. The SMILES string of the molecule is CC(C)(C)OC(=O)N1CC(CC#N)(n2nc(Nc3ccccc3)c3c(=O)[nH]ccc32)C1. The number of para-hydroxylation sites is 1. The van der Waals surface area contributed by atoms with Gasteiger partial charge in [0.05, 0.1) is 31.1 Å². The number of benzene rings is 1. The van der Waals surface area contributed by atoms with Gasteiger partial charge in [-0.15, -0.1) is 0 Å². The van der Waals surface area contributed by atoms with Gasteiger partial charge in [0.1, 0.15) is 16.5 Å². The number of rotatable bonds is 4. The minimum absolute atomic E-state index is 0.140. The Balaban J connectivity index is 1.73. The number of nitrogens with one attached hydrogen (secondary N) is 2. The van der Waals surface area contributed by atoms with Crippen LogP contribution in [-0.2, 0) is 10.3 Å². The number of hydrogen-bond acceptors (Lipinski definition) is 6. The van der Waals surface area contributed by atoms with Crippen molar-refractivity contribution in [3.63, 3.8) is 0 Å². The van der Waals surface area contributed by atoms with E-state index in [1.165, 1.54) is 0 Å². The minimum atomic E-state index is -0.742. The highest BCUT2D eigenvalue weighted by molar-refractivity contribution is 5.91. The van der Waals surface area contributed by atoms with Crippen molar-refractivity contribution in [1.29, 1.82) is 5.26 Å². The highest BCUT2D eigenvalue weighted by Gasteiger charge is 2.49. The Kier molecular flexibility index (Phi) is 4.93. The summed E-state index contributed by atoms with van der Waals surface area (Å²) in [5, 5.41) is 17.8. The van der Waals surface area contributed by atoms with Gasteiger partial charge in [0, 0.05) is 11.9 Å². The molecule has 1 aliphatic rings. The summed E-state index contributed by atoms with van der Waals surface area (Å²) in [4.78, 5) is 29.3. The number of likely N-dealkylation sites (tertiary alicyclic amines) is 1. The molecule has 0 saturated carbocycles. The number of H-pyrrole nitrogens is 1. The second-order valence-electron chi connectivity index (χ2n) is 8.71. The van der Waals surface area contributed by atoms with Crippen molar-refractivity contribution in [3.8, 4) is 6.07 Å². The fourth-order valence-electron chi connectivity index (χ4n) is 3.77. The summed E-state index contributed by atoms with van der Waals surface area (Å²) in [5.74, 6) is 0.399. The Morgan fingerprint density at radius 1 is 1.29 bits per heavy atom. The molecule has 9 heteroatoms. The van der Waals surface area contributed by atoms with Crippen molar-refractivity contribution in [1.82, 2.24) is 19.7 Å². The van der Waals surface area contributed by atoms with E-state index in [2.05, 4.69) is 21.5 Å². The lowest BCUT2D eigenvalue weighted by Crippen LogP contribution is -2.64. The van der Waals surface area contributed by atoms with Crippen LogP contribution in [0.4, 0.5) is 16.3 Å². The molecule has 0 unspecified atom stereocenters. The van der Waals surface area contributed by atoms with Crippen LogP contribution in [0.15, 0.2) is 47.4 Å². The Morgan fingerprint density at radius 2 is 2.00 bits per heavy atom. The Labute approximate surface area is 179 Å². The van der Waals surface area contributed by atoms with Crippen molar-refractivity contribution >= 4 is 28.5 Å². The van der Waals surface area contributed by atoms with Gasteiger partial charge in [0.15, 0.2) is 5.82 Å². The van der Waals surface area contributed by atoms with Crippen LogP contribution in [0.3, 0.4) is 0 Å². The molecule has 0 radical (unpaired) electrons. The summed E-state index contributed by atoms with van der Waals surface area (Å²) in [6, 6.07) is 13.4. The summed E-state index contributed by atoms with van der Waals surface area (Å²) < 4.78 is 7.15. The maximum atomic E-state index is 12.6. The van der Waals surface area contributed by atoms with Crippen LogP contribution in [0, 0.1) is 11.3 Å². The van der Waals surface area contributed by atoms with E-state index in [0.29, 0.717) is 16.7 Å². The molecule has 2 N–H and O–H groups in total. The number of aromatic nitrogens is 3. The normalized spacial score (nSPS) is 15.2. The number of ether oxygens (including phenoxy) is 1. The van der Waals surface area contributed by atoms with E-state index in [1.54, 1.807) is 21.8 Å². The molecule has 9 nitrogen and oxygen atoms in total. The van der Waals surface area contributed by atoms with Gasteiger partial charge in [0.2, 0.25) is 0 Å². The maximum Gasteiger partial charge on any atom is 0.410 e. The molecule has 1 aliphatic heterocycles. The number of amides is 1. The molecule has 0 spiro atoms. The summed E-state index contributed by atoms with van der Waals surface area (Å²) in [6.07, 6.45) is 1.26. The molecule has 0 atom stereocenters. The van der Waals surface area contributed by atoms with Crippen LogP contribution >= 0.6 is 0 Å². The molecular formula is C22H24N6O3. The van der Waals surface area contributed by atoms with Crippen LogP contribution in [0.1, 0.15) is 27.2 Å². The quantitative estimate of drug-likeness (QED) is 0.669. The Hall–Kier alpha value is -3.80. The molecule has 3 heterocycles. The fraction of sp³-hybridized carbons (Fsp3) is 0.364. The largest absolute Gasteiger partial charge is 0.444 e. The predicted octanol–water partition coefficient (Wildman–Crippen LogP) is 3.33.